The van der Waals surface area contributed by atoms with Crippen LogP contribution >= 0.6 is 0 Å². The van der Waals surface area contributed by atoms with Gasteiger partial charge in [-0.15, -0.1) is 0 Å². The van der Waals surface area contributed by atoms with Gasteiger partial charge in [0.25, 0.3) is 5.91 Å². The van der Waals surface area contributed by atoms with Crippen molar-refractivity contribution in [1.82, 2.24) is 15.0 Å². The molecule has 6 heteroatoms. The summed E-state index contributed by atoms with van der Waals surface area (Å²) < 4.78 is 0. The van der Waals surface area contributed by atoms with Crippen LogP contribution < -0.4 is 10.6 Å². The Kier molecular flexibility index (Phi) is 4.39. The van der Waals surface area contributed by atoms with Gasteiger partial charge in [-0.2, -0.15) is 0 Å². The maximum absolute atomic E-state index is 11.9. The fourth-order valence-corrected chi connectivity index (χ4v) is 1.41. The molecule has 2 aromatic heterocycles. The van der Waals surface area contributed by atoms with E-state index in [1.54, 1.807) is 30.6 Å². The predicted molar refractivity (Wildman–Crippen MR) is 73.0 cm³/mol. The van der Waals surface area contributed by atoms with Crippen molar-refractivity contribution >= 4 is 17.5 Å². The molecule has 19 heavy (non-hydrogen) atoms. The van der Waals surface area contributed by atoms with Gasteiger partial charge in [0.05, 0.1) is 12.4 Å². The summed E-state index contributed by atoms with van der Waals surface area (Å²) in [5, 5.41) is 5.74. The van der Waals surface area contributed by atoms with Crippen molar-refractivity contribution in [1.29, 1.82) is 0 Å². The highest BCUT2D eigenvalue weighted by Gasteiger charge is 2.08. The molecule has 0 atom stereocenters. The van der Waals surface area contributed by atoms with E-state index in [9.17, 15) is 4.79 Å². The third-order valence-electron chi connectivity index (χ3n) is 2.35. The van der Waals surface area contributed by atoms with Crippen LogP contribution in [0.1, 0.15) is 23.8 Å². The number of amides is 1. The lowest BCUT2D eigenvalue weighted by Gasteiger charge is -2.05. The number of anilines is 2. The Morgan fingerprint density at radius 2 is 2.05 bits per heavy atom. The number of nitrogens with one attached hydrogen (secondary N) is 2. The minimum Gasteiger partial charge on any atom is -0.369 e. The number of carbonyl (C=O) groups excluding carboxylic acids is 1. The van der Waals surface area contributed by atoms with Crippen molar-refractivity contribution in [3.63, 3.8) is 0 Å². The van der Waals surface area contributed by atoms with E-state index in [0.717, 1.165) is 13.0 Å². The van der Waals surface area contributed by atoms with E-state index in [0.29, 0.717) is 11.6 Å². The van der Waals surface area contributed by atoms with Gasteiger partial charge in [-0.05, 0) is 18.6 Å². The average molecular weight is 257 g/mol. The lowest BCUT2D eigenvalue weighted by molar-refractivity contribution is 0.102. The first-order chi connectivity index (χ1) is 9.29. The molecule has 0 saturated heterocycles. The molecule has 0 saturated carbocycles. The van der Waals surface area contributed by atoms with Crippen LogP contribution in [0.3, 0.4) is 0 Å². The molecule has 2 rings (SSSR count). The SMILES string of the molecule is CCCNc1cnc(C(=O)Nc2ccccn2)cn1. The third-order valence-corrected chi connectivity index (χ3v) is 2.35. The molecule has 0 aliphatic heterocycles. The molecular formula is C13H15N5O. The smallest absolute Gasteiger partial charge is 0.277 e. The molecule has 0 fully saturated rings. The van der Waals surface area contributed by atoms with E-state index in [4.69, 9.17) is 0 Å². The Labute approximate surface area is 111 Å². The van der Waals surface area contributed by atoms with Crippen molar-refractivity contribution in [2.75, 3.05) is 17.2 Å². The minimum atomic E-state index is -0.326. The minimum absolute atomic E-state index is 0.257. The number of aromatic nitrogens is 3. The molecule has 0 radical (unpaired) electrons. The molecule has 0 aliphatic carbocycles. The van der Waals surface area contributed by atoms with E-state index in [1.165, 1.54) is 6.20 Å². The largest absolute Gasteiger partial charge is 0.369 e. The number of nitrogens with zero attached hydrogens (tertiary/aromatic N) is 3. The molecule has 0 aromatic carbocycles. The number of rotatable bonds is 5. The molecule has 1 amide bonds. The lowest BCUT2D eigenvalue weighted by atomic mass is 10.4. The van der Waals surface area contributed by atoms with E-state index in [2.05, 4.69) is 32.5 Å². The summed E-state index contributed by atoms with van der Waals surface area (Å²) in [5.41, 5.74) is 0.257. The van der Waals surface area contributed by atoms with Crippen LogP contribution in [0.25, 0.3) is 0 Å². The van der Waals surface area contributed by atoms with Crippen molar-refractivity contribution in [2.45, 2.75) is 13.3 Å². The molecule has 2 heterocycles. The van der Waals surface area contributed by atoms with Gasteiger partial charge in [0, 0.05) is 12.7 Å². The van der Waals surface area contributed by atoms with Crippen molar-refractivity contribution < 1.29 is 4.79 Å². The second kappa shape index (κ2) is 6.44. The number of hydrogen-bond acceptors (Lipinski definition) is 5. The van der Waals surface area contributed by atoms with Gasteiger partial charge in [-0.25, -0.2) is 15.0 Å². The van der Waals surface area contributed by atoms with Gasteiger partial charge in [-0.3, -0.25) is 4.79 Å². The van der Waals surface area contributed by atoms with Crippen LogP contribution in [0.5, 0.6) is 0 Å². The van der Waals surface area contributed by atoms with Crippen LogP contribution in [0.4, 0.5) is 11.6 Å². The molecule has 2 aromatic rings. The number of hydrogen-bond donors (Lipinski definition) is 2. The monoisotopic (exact) mass is 257 g/mol. The fourth-order valence-electron chi connectivity index (χ4n) is 1.41. The van der Waals surface area contributed by atoms with Gasteiger partial charge >= 0.3 is 0 Å². The highest BCUT2D eigenvalue weighted by atomic mass is 16.1. The predicted octanol–water partition coefficient (Wildman–Crippen LogP) is 1.95. The summed E-state index contributed by atoms with van der Waals surface area (Å²) in [4.78, 5) is 24.1. The summed E-state index contributed by atoms with van der Waals surface area (Å²) >= 11 is 0. The Balaban J connectivity index is 1.99. The zero-order valence-electron chi connectivity index (χ0n) is 10.6. The highest BCUT2D eigenvalue weighted by molar-refractivity contribution is 6.02. The molecule has 98 valence electrons. The number of pyridine rings is 1. The van der Waals surface area contributed by atoms with Crippen molar-refractivity contribution in [3.05, 3.63) is 42.5 Å². The highest BCUT2D eigenvalue weighted by Crippen LogP contribution is 2.05. The summed E-state index contributed by atoms with van der Waals surface area (Å²) in [7, 11) is 0. The van der Waals surface area contributed by atoms with Crippen LogP contribution in [0.15, 0.2) is 36.8 Å². The standard InChI is InChI=1S/C13H15N5O/c1-2-6-14-12-9-16-10(8-17-12)13(19)18-11-5-3-4-7-15-11/h3-5,7-9H,2,6H2,1H3,(H,14,17)(H,15,18,19). The second-order valence-electron chi connectivity index (χ2n) is 3.88. The first-order valence-electron chi connectivity index (χ1n) is 6.08. The first-order valence-corrected chi connectivity index (χ1v) is 6.08. The zero-order chi connectivity index (χ0) is 13.5. The topological polar surface area (TPSA) is 79.8 Å². The molecule has 0 aliphatic rings. The second-order valence-corrected chi connectivity index (χ2v) is 3.88. The Hall–Kier alpha value is -2.50. The van der Waals surface area contributed by atoms with Gasteiger partial charge in [-0.1, -0.05) is 13.0 Å². The van der Waals surface area contributed by atoms with Crippen molar-refractivity contribution in [3.8, 4) is 0 Å². The molecule has 0 unspecified atom stereocenters. The van der Waals surface area contributed by atoms with Gasteiger partial charge in [0.1, 0.15) is 17.3 Å². The van der Waals surface area contributed by atoms with E-state index < -0.39 is 0 Å². The van der Waals surface area contributed by atoms with Crippen LogP contribution in [-0.4, -0.2) is 27.4 Å². The molecule has 2 N–H and O–H groups in total. The summed E-state index contributed by atoms with van der Waals surface area (Å²) in [6, 6.07) is 5.29. The van der Waals surface area contributed by atoms with E-state index in [1.807, 2.05) is 0 Å². The summed E-state index contributed by atoms with van der Waals surface area (Å²) in [6.45, 7) is 2.89. The fraction of sp³-hybridized carbons (Fsp3) is 0.231. The summed E-state index contributed by atoms with van der Waals surface area (Å²) in [5.74, 6) is 0.826. The quantitative estimate of drug-likeness (QED) is 0.855. The Bertz CT molecular complexity index is 526. The van der Waals surface area contributed by atoms with Crippen LogP contribution in [0, 0.1) is 0 Å². The number of carbonyl (C=O) groups is 1. The van der Waals surface area contributed by atoms with Crippen LogP contribution in [-0.2, 0) is 0 Å². The normalized spacial score (nSPS) is 9.95. The molecule has 6 nitrogen and oxygen atoms in total. The zero-order valence-corrected chi connectivity index (χ0v) is 10.6. The summed E-state index contributed by atoms with van der Waals surface area (Å²) in [6.07, 6.45) is 5.60. The van der Waals surface area contributed by atoms with Crippen LogP contribution in [0.2, 0.25) is 0 Å². The average Bonchev–Trinajstić information content (AvgIpc) is 2.46. The Morgan fingerprint density at radius 1 is 1.16 bits per heavy atom. The lowest BCUT2D eigenvalue weighted by Crippen LogP contribution is -2.15. The van der Waals surface area contributed by atoms with Gasteiger partial charge < -0.3 is 10.6 Å². The van der Waals surface area contributed by atoms with Gasteiger partial charge in [0.15, 0.2) is 0 Å². The third kappa shape index (κ3) is 3.74. The van der Waals surface area contributed by atoms with Gasteiger partial charge in [0.2, 0.25) is 0 Å². The van der Waals surface area contributed by atoms with E-state index >= 15 is 0 Å². The van der Waals surface area contributed by atoms with Crippen molar-refractivity contribution in [2.24, 2.45) is 0 Å². The molecular weight excluding hydrogens is 242 g/mol. The molecule has 0 spiro atoms. The first kappa shape index (κ1) is 12.9. The maximum Gasteiger partial charge on any atom is 0.277 e. The molecule has 0 bridgehead atoms. The Morgan fingerprint density at radius 3 is 2.68 bits per heavy atom. The van der Waals surface area contributed by atoms with E-state index in [-0.39, 0.29) is 11.6 Å². The maximum atomic E-state index is 11.9.